The van der Waals surface area contributed by atoms with E-state index in [4.69, 9.17) is 4.42 Å². The third-order valence-corrected chi connectivity index (χ3v) is 3.22. The molecule has 0 aliphatic rings. The maximum Gasteiger partial charge on any atom is 0.260 e. The van der Waals surface area contributed by atoms with E-state index in [2.05, 4.69) is 26.3 Å². The number of carbonyl (C=O) groups excluding carboxylic acids is 1. The Morgan fingerprint density at radius 2 is 2.24 bits per heavy atom. The number of furan rings is 1. The molecule has 0 saturated heterocycles. The van der Waals surface area contributed by atoms with E-state index in [9.17, 15) is 4.79 Å². The van der Waals surface area contributed by atoms with Crippen LogP contribution < -0.4 is 5.32 Å². The average molecular weight is 298 g/mol. The Morgan fingerprint density at radius 3 is 2.71 bits per heavy atom. The Balaban J connectivity index is 2.28. The van der Waals surface area contributed by atoms with Crippen molar-refractivity contribution < 1.29 is 9.21 Å². The number of rotatable bonds is 2. The summed E-state index contributed by atoms with van der Waals surface area (Å²) in [6.45, 7) is 3.76. The van der Waals surface area contributed by atoms with E-state index >= 15 is 0 Å². The fourth-order valence-electron chi connectivity index (χ4n) is 1.59. The van der Waals surface area contributed by atoms with Crippen LogP contribution in [0.5, 0.6) is 0 Å². The van der Waals surface area contributed by atoms with Gasteiger partial charge in [0, 0.05) is 7.05 Å². The Morgan fingerprint density at radius 1 is 1.53 bits per heavy atom. The second kappa shape index (κ2) is 4.37. The topological polar surface area (TPSA) is 60.1 Å². The molecule has 6 heteroatoms. The molecule has 2 rings (SSSR count). The maximum atomic E-state index is 12.0. The molecule has 0 spiro atoms. The molecule has 0 radical (unpaired) electrons. The Kier molecular flexibility index (Phi) is 3.06. The van der Waals surface area contributed by atoms with E-state index in [1.54, 1.807) is 10.7 Å². The van der Waals surface area contributed by atoms with Crippen molar-refractivity contribution in [3.63, 3.8) is 0 Å². The van der Waals surface area contributed by atoms with E-state index in [0.29, 0.717) is 10.2 Å². The molecule has 5 nitrogen and oxygen atoms in total. The molecule has 0 aliphatic heterocycles. The molecule has 0 unspecified atom stereocenters. The number of nitrogens with zero attached hydrogens (tertiary/aromatic N) is 2. The summed E-state index contributed by atoms with van der Waals surface area (Å²) < 4.78 is 7.18. The number of anilines is 1. The first-order valence-electron chi connectivity index (χ1n) is 5.05. The molecule has 2 aromatic heterocycles. The molecule has 0 aromatic carbocycles. The van der Waals surface area contributed by atoms with Gasteiger partial charge in [-0.1, -0.05) is 0 Å². The van der Waals surface area contributed by atoms with Gasteiger partial charge in [-0.05, 0) is 35.8 Å². The van der Waals surface area contributed by atoms with Gasteiger partial charge < -0.3 is 9.73 Å². The standard InChI is InChI=1S/C11H12BrN3O2/c1-6-9(7(2)15(3)14-6)13-11(16)8-4-5-17-10(8)12/h4-5H,1-3H3,(H,13,16). The van der Waals surface area contributed by atoms with Crippen molar-refractivity contribution in [2.24, 2.45) is 7.05 Å². The maximum absolute atomic E-state index is 12.0. The number of aromatic nitrogens is 2. The first-order valence-corrected chi connectivity index (χ1v) is 5.84. The molecule has 90 valence electrons. The van der Waals surface area contributed by atoms with Gasteiger partial charge >= 0.3 is 0 Å². The molecule has 17 heavy (non-hydrogen) atoms. The summed E-state index contributed by atoms with van der Waals surface area (Å²) in [7, 11) is 1.84. The molecule has 1 amide bonds. The minimum Gasteiger partial charge on any atom is -0.457 e. The predicted octanol–water partition coefficient (Wildman–Crippen LogP) is 2.64. The van der Waals surface area contributed by atoms with Gasteiger partial charge in [0.1, 0.15) is 0 Å². The van der Waals surface area contributed by atoms with Gasteiger partial charge in [-0.15, -0.1) is 0 Å². The molecule has 0 atom stereocenters. The largest absolute Gasteiger partial charge is 0.457 e. The Bertz CT molecular complexity index is 571. The number of aryl methyl sites for hydroxylation is 2. The van der Waals surface area contributed by atoms with E-state index < -0.39 is 0 Å². The lowest BCUT2D eigenvalue weighted by molar-refractivity contribution is 0.102. The SMILES string of the molecule is Cc1nn(C)c(C)c1NC(=O)c1ccoc1Br. The van der Waals surface area contributed by atoms with Crippen molar-refractivity contribution in [1.82, 2.24) is 9.78 Å². The minimum atomic E-state index is -0.218. The van der Waals surface area contributed by atoms with Crippen molar-refractivity contribution in [3.8, 4) is 0 Å². The first kappa shape index (κ1) is 11.9. The fraction of sp³-hybridized carbons (Fsp3) is 0.273. The highest BCUT2D eigenvalue weighted by molar-refractivity contribution is 9.10. The average Bonchev–Trinajstić information content (AvgIpc) is 2.78. The fourth-order valence-corrected chi connectivity index (χ4v) is 2.01. The van der Waals surface area contributed by atoms with Gasteiger partial charge in [-0.3, -0.25) is 9.48 Å². The van der Waals surface area contributed by atoms with Gasteiger partial charge in [0.15, 0.2) is 4.67 Å². The normalized spacial score (nSPS) is 10.6. The van der Waals surface area contributed by atoms with Crippen molar-refractivity contribution >= 4 is 27.5 Å². The molecular formula is C11H12BrN3O2. The number of halogens is 1. The quantitative estimate of drug-likeness (QED) is 0.927. The summed E-state index contributed by atoms with van der Waals surface area (Å²) in [5.41, 5.74) is 2.91. The second-order valence-corrected chi connectivity index (χ2v) is 4.45. The molecule has 0 fully saturated rings. The smallest absolute Gasteiger partial charge is 0.260 e. The van der Waals surface area contributed by atoms with Crippen LogP contribution in [0.4, 0.5) is 5.69 Å². The molecule has 2 aromatic rings. The van der Waals surface area contributed by atoms with Crippen LogP contribution in [0.25, 0.3) is 0 Å². The summed E-state index contributed by atoms with van der Waals surface area (Å²) in [5, 5.41) is 7.06. The van der Waals surface area contributed by atoms with Gasteiger partial charge in [0.25, 0.3) is 5.91 Å². The van der Waals surface area contributed by atoms with Crippen molar-refractivity contribution in [3.05, 3.63) is 34.0 Å². The molecule has 1 N–H and O–H groups in total. The molecule has 0 saturated carbocycles. The minimum absolute atomic E-state index is 0.218. The number of hydrogen-bond acceptors (Lipinski definition) is 3. The summed E-state index contributed by atoms with van der Waals surface area (Å²) in [6, 6.07) is 1.61. The zero-order valence-electron chi connectivity index (χ0n) is 9.74. The third-order valence-electron chi connectivity index (χ3n) is 2.61. The van der Waals surface area contributed by atoms with E-state index in [1.807, 2.05) is 20.9 Å². The van der Waals surface area contributed by atoms with E-state index in [1.165, 1.54) is 6.26 Å². The zero-order chi connectivity index (χ0) is 12.6. The van der Waals surface area contributed by atoms with Crippen LogP contribution in [-0.4, -0.2) is 15.7 Å². The van der Waals surface area contributed by atoms with Gasteiger partial charge in [-0.25, -0.2) is 0 Å². The third kappa shape index (κ3) is 2.12. The lowest BCUT2D eigenvalue weighted by atomic mass is 10.2. The lowest BCUT2D eigenvalue weighted by Gasteiger charge is -2.04. The number of hydrogen-bond donors (Lipinski definition) is 1. The molecule has 2 heterocycles. The first-order chi connectivity index (χ1) is 8.00. The summed E-state index contributed by atoms with van der Waals surface area (Å²) >= 11 is 3.17. The second-order valence-electron chi connectivity index (χ2n) is 3.73. The molecular weight excluding hydrogens is 286 g/mol. The van der Waals surface area contributed by atoms with Crippen LogP contribution in [0, 0.1) is 13.8 Å². The van der Waals surface area contributed by atoms with Crippen LogP contribution in [0.3, 0.4) is 0 Å². The lowest BCUT2D eigenvalue weighted by Crippen LogP contribution is -2.12. The van der Waals surface area contributed by atoms with E-state index in [-0.39, 0.29) is 5.91 Å². The zero-order valence-corrected chi connectivity index (χ0v) is 11.3. The van der Waals surface area contributed by atoms with Crippen LogP contribution in [-0.2, 0) is 7.05 Å². The Hall–Kier alpha value is -1.56. The highest BCUT2D eigenvalue weighted by atomic mass is 79.9. The summed E-state index contributed by atoms with van der Waals surface area (Å²) in [4.78, 5) is 12.0. The Labute approximate surface area is 107 Å². The highest BCUT2D eigenvalue weighted by Crippen LogP contribution is 2.22. The van der Waals surface area contributed by atoms with Crippen molar-refractivity contribution in [2.75, 3.05) is 5.32 Å². The highest BCUT2D eigenvalue weighted by Gasteiger charge is 2.17. The molecule has 0 bridgehead atoms. The predicted molar refractivity (Wildman–Crippen MR) is 67.0 cm³/mol. The van der Waals surface area contributed by atoms with Crippen LogP contribution in [0.1, 0.15) is 21.7 Å². The van der Waals surface area contributed by atoms with Gasteiger partial charge in [0.05, 0.1) is 28.9 Å². The summed E-state index contributed by atoms with van der Waals surface area (Å²) in [5.74, 6) is -0.218. The number of amides is 1. The van der Waals surface area contributed by atoms with Crippen LogP contribution >= 0.6 is 15.9 Å². The monoisotopic (exact) mass is 297 g/mol. The van der Waals surface area contributed by atoms with Gasteiger partial charge in [0.2, 0.25) is 0 Å². The van der Waals surface area contributed by atoms with Crippen molar-refractivity contribution in [2.45, 2.75) is 13.8 Å². The number of carbonyl (C=O) groups is 1. The van der Waals surface area contributed by atoms with Crippen molar-refractivity contribution in [1.29, 1.82) is 0 Å². The molecule has 0 aliphatic carbocycles. The van der Waals surface area contributed by atoms with Crippen LogP contribution in [0.2, 0.25) is 0 Å². The number of nitrogens with one attached hydrogen (secondary N) is 1. The summed E-state index contributed by atoms with van der Waals surface area (Å²) in [6.07, 6.45) is 1.46. The van der Waals surface area contributed by atoms with Crippen LogP contribution in [0.15, 0.2) is 21.4 Å². The van der Waals surface area contributed by atoms with E-state index in [0.717, 1.165) is 17.1 Å². The van der Waals surface area contributed by atoms with Gasteiger partial charge in [-0.2, -0.15) is 5.10 Å².